The predicted molar refractivity (Wildman–Crippen MR) is 143 cm³/mol. The van der Waals surface area contributed by atoms with Crippen LogP contribution in [0.15, 0.2) is 63.1 Å². The molecule has 4 atom stereocenters. The Morgan fingerprint density at radius 2 is 1.92 bits per heavy atom. The van der Waals surface area contributed by atoms with Gasteiger partial charge in [-0.1, -0.05) is 29.8 Å². The zero-order chi connectivity index (χ0) is 27.0. The Balaban J connectivity index is 1.42. The number of hydrogen-bond acceptors (Lipinski definition) is 7. The number of aliphatic hydroxyl groups excluding tert-OH is 1. The minimum Gasteiger partial charge on any atom is -0.511 e. The zero-order valence-corrected chi connectivity index (χ0v) is 22.6. The summed E-state index contributed by atoms with van der Waals surface area (Å²) >= 11 is 6.42. The molecular weight excluding hydrogens is 552 g/mol. The van der Waals surface area contributed by atoms with E-state index in [0.717, 1.165) is 37.1 Å². The highest BCUT2D eigenvalue weighted by atomic mass is 35.5. The Bertz CT molecular complexity index is 1650. The molecule has 2 aliphatic carbocycles. The van der Waals surface area contributed by atoms with Gasteiger partial charge in [0.2, 0.25) is 10.0 Å². The molecule has 13 heteroatoms. The molecule has 4 aliphatic rings. The van der Waals surface area contributed by atoms with Gasteiger partial charge in [-0.25, -0.2) is 8.42 Å². The summed E-state index contributed by atoms with van der Waals surface area (Å²) in [5.74, 6) is -0.807. The molecule has 2 fully saturated rings. The molecule has 10 nitrogen and oxygen atoms in total. The molecule has 2 bridgehead atoms. The number of anilines is 2. The van der Waals surface area contributed by atoms with Crippen molar-refractivity contribution < 1.29 is 26.7 Å². The summed E-state index contributed by atoms with van der Waals surface area (Å²) in [6, 6.07) is 11.0. The summed E-state index contributed by atoms with van der Waals surface area (Å²) in [6.45, 7) is 0.219. The molecule has 2 aliphatic heterocycles. The van der Waals surface area contributed by atoms with Crippen molar-refractivity contribution >= 4 is 54.8 Å². The van der Waals surface area contributed by atoms with Gasteiger partial charge in [0.1, 0.15) is 16.2 Å². The Labute approximate surface area is 225 Å². The van der Waals surface area contributed by atoms with Gasteiger partial charge in [0.05, 0.1) is 11.9 Å². The Kier molecular flexibility index (Phi) is 5.78. The third kappa shape index (κ3) is 4.15. The molecule has 3 N–H and O–H groups in total. The van der Waals surface area contributed by atoms with E-state index in [1.54, 1.807) is 17.0 Å². The highest BCUT2D eigenvalue weighted by Crippen LogP contribution is 2.55. The third-order valence-corrected chi connectivity index (χ3v) is 10.1. The number of fused-ring (bicyclic) bond motifs is 6. The van der Waals surface area contributed by atoms with Crippen molar-refractivity contribution in [3.63, 3.8) is 0 Å². The van der Waals surface area contributed by atoms with Crippen molar-refractivity contribution in [2.75, 3.05) is 16.3 Å². The van der Waals surface area contributed by atoms with Crippen molar-refractivity contribution in [3.05, 3.63) is 64.4 Å². The average Bonchev–Trinajstić information content (AvgIpc) is 3.44. The first-order valence-corrected chi connectivity index (χ1v) is 15.9. The van der Waals surface area contributed by atoms with Crippen molar-refractivity contribution in [2.24, 2.45) is 22.2 Å². The number of halogens is 1. The van der Waals surface area contributed by atoms with Gasteiger partial charge < -0.3 is 15.3 Å². The lowest BCUT2D eigenvalue weighted by Gasteiger charge is -2.44. The van der Waals surface area contributed by atoms with E-state index in [1.807, 2.05) is 12.1 Å². The van der Waals surface area contributed by atoms with Gasteiger partial charge in [0.15, 0.2) is 5.84 Å². The molecule has 2 aromatic carbocycles. The monoisotopic (exact) mass is 576 g/mol. The van der Waals surface area contributed by atoms with Crippen LogP contribution in [0.5, 0.6) is 0 Å². The number of nitrogens with one attached hydrogen (secondary N) is 2. The summed E-state index contributed by atoms with van der Waals surface area (Å²) in [7, 11) is -7.96. The van der Waals surface area contributed by atoms with Crippen molar-refractivity contribution in [3.8, 4) is 0 Å². The summed E-state index contributed by atoms with van der Waals surface area (Å²) in [4.78, 5) is 15.4. The molecule has 2 aromatic rings. The fourth-order valence-corrected chi connectivity index (χ4v) is 8.30. The van der Waals surface area contributed by atoms with Crippen LogP contribution in [0.25, 0.3) is 0 Å². The topological polar surface area (TPSA) is 145 Å². The molecule has 1 amide bonds. The van der Waals surface area contributed by atoms with E-state index in [4.69, 9.17) is 11.6 Å². The van der Waals surface area contributed by atoms with Crippen LogP contribution in [0, 0.1) is 17.8 Å². The lowest BCUT2D eigenvalue weighted by Crippen LogP contribution is -2.53. The molecule has 2 saturated carbocycles. The highest BCUT2D eigenvalue weighted by molar-refractivity contribution is 7.92. The lowest BCUT2D eigenvalue weighted by atomic mass is 9.77. The van der Waals surface area contributed by atoms with Gasteiger partial charge in [0, 0.05) is 29.2 Å². The van der Waals surface area contributed by atoms with E-state index in [2.05, 4.69) is 14.4 Å². The highest BCUT2D eigenvalue weighted by Gasteiger charge is 2.57. The van der Waals surface area contributed by atoms with E-state index in [-0.39, 0.29) is 63.8 Å². The normalized spacial score (nSPS) is 27.5. The molecule has 200 valence electrons. The Morgan fingerprint density at radius 3 is 2.66 bits per heavy atom. The molecule has 6 rings (SSSR count). The van der Waals surface area contributed by atoms with Crippen LogP contribution >= 0.6 is 11.6 Å². The van der Waals surface area contributed by atoms with Gasteiger partial charge in [-0.3, -0.25) is 9.52 Å². The summed E-state index contributed by atoms with van der Waals surface area (Å²) in [5.41, 5.74) is 0.766. The first-order chi connectivity index (χ1) is 17.9. The van der Waals surface area contributed by atoms with Crippen molar-refractivity contribution in [1.29, 1.82) is 0 Å². The number of hydrogen-bond donors (Lipinski definition) is 3. The number of amidine groups is 1. The lowest BCUT2D eigenvalue weighted by molar-refractivity contribution is -0.134. The number of amides is 1. The van der Waals surface area contributed by atoms with Crippen LogP contribution in [0.3, 0.4) is 0 Å². The van der Waals surface area contributed by atoms with Gasteiger partial charge >= 0.3 is 0 Å². The molecule has 0 spiro atoms. The number of rotatable bonds is 5. The first kappa shape index (κ1) is 25.2. The maximum atomic E-state index is 14.0. The molecule has 0 radical (unpaired) electrons. The first-order valence-electron chi connectivity index (χ1n) is 12.1. The number of sulfonamides is 2. The molecule has 0 aromatic heterocycles. The van der Waals surface area contributed by atoms with Gasteiger partial charge in [-0.05, 0) is 60.9 Å². The number of carbonyl (C=O) groups excluding carboxylic acids is 1. The van der Waals surface area contributed by atoms with E-state index in [0.29, 0.717) is 5.02 Å². The summed E-state index contributed by atoms with van der Waals surface area (Å²) < 4.78 is 55.7. The van der Waals surface area contributed by atoms with E-state index in [9.17, 15) is 26.7 Å². The number of nitrogens with zero attached hydrogens (tertiary/aromatic N) is 2. The second-order valence-corrected chi connectivity index (χ2v) is 14.0. The SMILES string of the molecule is CS(=O)(=O)Nc1ccc2c(c1)S(=O)(=O)N=C(C1=C(O)[C@@H]3[C@@H]4CC[C@@H](C4)[C@@H]3N(Cc3ccccc3Cl)C1=O)N2. The molecule has 38 heavy (non-hydrogen) atoms. The van der Waals surface area contributed by atoms with Crippen molar-refractivity contribution in [2.45, 2.75) is 36.7 Å². The van der Waals surface area contributed by atoms with Crippen LogP contribution in [0.2, 0.25) is 5.02 Å². The van der Waals surface area contributed by atoms with Crippen LogP contribution in [0.1, 0.15) is 24.8 Å². The fraction of sp³-hybridized carbons (Fsp3) is 0.360. The maximum Gasteiger partial charge on any atom is 0.286 e. The molecule has 0 saturated heterocycles. The molecule has 0 unspecified atom stereocenters. The molecular formula is C25H25ClN4O6S2. The largest absolute Gasteiger partial charge is 0.511 e. The van der Waals surface area contributed by atoms with E-state index >= 15 is 0 Å². The number of benzene rings is 2. The van der Waals surface area contributed by atoms with Crippen LogP contribution in [-0.4, -0.2) is 50.9 Å². The quantitative estimate of drug-likeness (QED) is 0.494. The van der Waals surface area contributed by atoms with Gasteiger partial charge in [-0.15, -0.1) is 4.40 Å². The van der Waals surface area contributed by atoms with Crippen molar-refractivity contribution in [1.82, 2.24) is 4.90 Å². The second-order valence-electron chi connectivity index (χ2n) is 10.3. The maximum absolute atomic E-state index is 14.0. The minimum atomic E-state index is -4.33. The number of carbonyl (C=O) groups is 1. The Morgan fingerprint density at radius 1 is 1.18 bits per heavy atom. The minimum absolute atomic E-state index is 0.0572. The van der Waals surface area contributed by atoms with Crippen LogP contribution in [0.4, 0.5) is 11.4 Å². The summed E-state index contributed by atoms with van der Waals surface area (Å²) in [5, 5.41) is 14.8. The predicted octanol–water partition coefficient (Wildman–Crippen LogP) is 3.49. The zero-order valence-electron chi connectivity index (χ0n) is 20.3. The standard InChI is InChI=1S/C25H25ClN4O6S2/c1-37(33,34)28-16-8-9-18-19(11-16)38(35,36)29-24(27-18)21-23(31)20-13-6-7-14(10-13)22(20)30(25(21)32)12-15-4-2-3-5-17(15)26/h2-5,8-9,11,13-14,20,22,28,31H,6-7,10,12H2,1H3,(H,27,29)/t13-,14+,20-,22+/m1/s1. The average molecular weight is 577 g/mol. The molecule has 2 heterocycles. The van der Waals surface area contributed by atoms with Gasteiger partial charge in [-0.2, -0.15) is 8.42 Å². The van der Waals surface area contributed by atoms with Gasteiger partial charge in [0.25, 0.3) is 15.9 Å². The second kappa shape index (κ2) is 8.72. The smallest absolute Gasteiger partial charge is 0.286 e. The third-order valence-electron chi connectivity index (χ3n) is 7.84. The Hall–Kier alpha value is -3.09. The fourth-order valence-electron chi connectivity index (χ4n) is 6.40. The number of aliphatic hydroxyl groups is 1. The van der Waals surface area contributed by atoms with E-state index < -0.39 is 26.0 Å². The summed E-state index contributed by atoms with van der Waals surface area (Å²) in [6.07, 6.45) is 3.73. The van der Waals surface area contributed by atoms with Crippen LogP contribution < -0.4 is 10.0 Å². The van der Waals surface area contributed by atoms with Crippen LogP contribution in [-0.2, 0) is 31.4 Å². The van der Waals surface area contributed by atoms with E-state index in [1.165, 1.54) is 12.1 Å².